The van der Waals surface area contributed by atoms with Crippen molar-refractivity contribution in [3.63, 3.8) is 0 Å². The normalized spacial score (nSPS) is 17.2. The average molecular weight is 353 g/mol. The number of aryl methyl sites for hydroxylation is 2. The zero-order valence-electron chi connectivity index (χ0n) is 15.2. The highest BCUT2D eigenvalue weighted by molar-refractivity contribution is 6.06. The fourth-order valence-electron chi connectivity index (χ4n) is 4.41. The molecule has 26 heavy (non-hydrogen) atoms. The van der Waals surface area contributed by atoms with Crippen LogP contribution >= 0.6 is 0 Å². The van der Waals surface area contributed by atoms with Crippen LogP contribution in [0, 0.1) is 5.92 Å². The molecule has 0 radical (unpaired) electrons. The molecular formula is C21H27N3O2. The van der Waals surface area contributed by atoms with Crippen LogP contribution in [-0.4, -0.2) is 29.9 Å². The van der Waals surface area contributed by atoms with E-state index < -0.39 is 0 Å². The van der Waals surface area contributed by atoms with Crippen LogP contribution in [0.5, 0.6) is 0 Å². The first kappa shape index (κ1) is 17.1. The number of H-pyrrole nitrogens is 1. The molecule has 138 valence electrons. The quantitative estimate of drug-likeness (QED) is 0.723. The SMILES string of the molecule is O=C(NCCNC(=O)C1CCCC1)c1cccc2c3c([nH]c12)CCCC3. The van der Waals surface area contributed by atoms with Gasteiger partial charge in [0.25, 0.3) is 5.91 Å². The third kappa shape index (κ3) is 3.35. The number of carbonyl (C=O) groups is 2. The number of hydrogen-bond donors (Lipinski definition) is 3. The summed E-state index contributed by atoms with van der Waals surface area (Å²) >= 11 is 0. The Morgan fingerprint density at radius 2 is 1.77 bits per heavy atom. The van der Waals surface area contributed by atoms with Gasteiger partial charge in [-0.05, 0) is 50.2 Å². The van der Waals surface area contributed by atoms with Crippen molar-refractivity contribution in [2.24, 2.45) is 5.92 Å². The van der Waals surface area contributed by atoms with Gasteiger partial charge in [-0.3, -0.25) is 9.59 Å². The minimum absolute atomic E-state index is 0.0793. The van der Waals surface area contributed by atoms with Crippen LogP contribution in [0.15, 0.2) is 18.2 Å². The molecule has 2 aliphatic carbocycles. The number of amides is 2. The number of nitrogens with one attached hydrogen (secondary N) is 3. The fourth-order valence-corrected chi connectivity index (χ4v) is 4.41. The number of para-hydroxylation sites is 1. The van der Waals surface area contributed by atoms with Crippen molar-refractivity contribution in [3.05, 3.63) is 35.0 Å². The van der Waals surface area contributed by atoms with Gasteiger partial charge in [0.2, 0.25) is 5.91 Å². The number of hydrogen-bond acceptors (Lipinski definition) is 2. The predicted molar refractivity (Wildman–Crippen MR) is 102 cm³/mol. The lowest BCUT2D eigenvalue weighted by molar-refractivity contribution is -0.124. The molecule has 0 saturated heterocycles. The summed E-state index contributed by atoms with van der Waals surface area (Å²) in [7, 11) is 0. The number of rotatable bonds is 5. The third-order valence-electron chi connectivity index (χ3n) is 5.81. The fraction of sp³-hybridized carbons (Fsp3) is 0.524. The molecule has 0 bridgehead atoms. The minimum atomic E-state index is -0.0793. The molecule has 0 spiro atoms. The van der Waals surface area contributed by atoms with E-state index in [0.717, 1.165) is 44.0 Å². The Morgan fingerprint density at radius 1 is 1.00 bits per heavy atom. The summed E-state index contributed by atoms with van der Waals surface area (Å²) in [5.74, 6) is 0.227. The molecule has 2 aliphatic rings. The molecule has 2 amide bonds. The van der Waals surface area contributed by atoms with E-state index in [2.05, 4.69) is 21.7 Å². The Bertz CT molecular complexity index is 818. The van der Waals surface area contributed by atoms with Gasteiger partial charge in [0.15, 0.2) is 0 Å². The van der Waals surface area contributed by atoms with Gasteiger partial charge in [0, 0.05) is 30.1 Å². The monoisotopic (exact) mass is 353 g/mol. The Labute approximate surface area is 153 Å². The first-order valence-electron chi connectivity index (χ1n) is 9.92. The summed E-state index contributed by atoms with van der Waals surface area (Å²) in [6, 6.07) is 5.94. The molecule has 0 unspecified atom stereocenters. The lowest BCUT2D eigenvalue weighted by Gasteiger charge is -2.11. The van der Waals surface area contributed by atoms with Crippen LogP contribution < -0.4 is 10.6 Å². The predicted octanol–water partition coefficient (Wildman–Crippen LogP) is 3.08. The molecule has 0 aliphatic heterocycles. The van der Waals surface area contributed by atoms with Crippen LogP contribution in [0.4, 0.5) is 0 Å². The summed E-state index contributed by atoms with van der Waals surface area (Å²) < 4.78 is 0. The van der Waals surface area contributed by atoms with E-state index in [9.17, 15) is 9.59 Å². The van der Waals surface area contributed by atoms with Gasteiger partial charge in [-0.25, -0.2) is 0 Å². The Morgan fingerprint density at radius 3 is 2.62 bits per heavy atom. The summed E-state index contributed by atoms with van der Waals surface area (Å²) in [4.78, 5) is 28.1. The second-order valence-electron chi connectivity index (χ2n) is 7.55. The third-order valence-corrected chi connectivity index (χ3v) is 5.81. The Balaban J connectivity index is 1.37. The highest BCUT2D eigenvalue weighted by Gasteiger charge is 2.22. The number of benzene rings is 1. The minimum Gasteiger partial charge on any atom is -0.358 e. The van der Waals surface area contributed by atoms with Crippen LogP contribution in [0.2, 0.25) is 0 Å². The summed E-state index contributed by atoms with van der Waals surface area (Å²) in [6.45, 7) is 0.937. The molecular weight excluding hydrogens is 326 g/mol. The standard InChI is InChI=1S/C21H27N3O2/c25-20(14-6-1-2-7-14)22-12-13-23-21(26)17-10-5-9-16-15-8-3-4-11-18(15)24-19(16)17/h5,9-10,14,24H,1-4,6-8,11-13H2,(H,22,25)(H,23,26). The topological polar surface area (TPSA) is 74.0 Å². The highest BCUT2D eigenvalue weighted by Crippen LogP contribution is 2.30. The summed E-state index contributed by atoms with van der Waals surface area (Å²) in [5.41, 5.74) is 4.31. The molecule has 1 heterocycles. The molecule has 1 aromatic carbocycles. The molecule has 4 rings (SSSR count). The molecule has 1 aromatic heterocycles. The average Bonchev–Trinajstić information content (AvgIpc) is 3.32. The van der Waals surface area contributed by atoms with E-state index in [1.807, 2.05) is 12.1 Å². The molecule has 1 fully saturated rings. The molecule has 0 atom stereocenters. The second kappa shape index (κ2) is 7.52. The van der Waals surface area contributed by atoms with E-state index in [-0.39, 0.29) is 17.7 Å². The van der Waals surface area contributed by atoms with Crippen LogP contribution in [0.3, 0.4) is 0 Å². The van der Waals surface area contributed by atoms with Crippen molar-refractivity contribution < 1.29 is 9.59 Å². The van der Waals surface area contributed by atoms with Gasteiger partial charge in [-0.1, -0.05) is 25.0 Å². The molecule has 3 N–H and O–H groups in total. The largest absolute Gasteiger partial charge is 0.358 e. The van der Waals surface area contributed by atoms with E-state index >= 15 is 0 Å². The number of aromatic nitrogens is 1. The van der Waals surface area contributed by atoms with Gasteiger partial charge in [0.1, 0.15) is 0 Å². The van der Waals surface area contributed by atoms with E-state index in [0.29, 0.717) is 18.7 Å². The summed E-state index contributed by atoms with van der Waals surface area (Å²) in [6.07, 6.45) is 8.89. The maximum atomic E-state index is 12.6. The highest BCUT2D eigenvalue weighted by atomic mass is 16.2. The number of fused-ring (bicyclic) bond motifs is 3. The van der Waals surface area contributed by atoms with Crippen molar-refractivity contribution >= 4 is 22.7 Å². The van der Waals surface area contributed by atoms with Crippen LogP contribution in [0.1, 0.15) is 60.1 Å². The lowest BCUT2D eigenvalue weighted by Crippen LogP contribution is -2.37. The van der Waals surface area contributed by atoms with Crippen molar-refractivity contribution in [1.82, 2.24) is 15.6 Å². The van der Waals surface area contributed by atoms with Gasteiger partial charge in [0.05, 0.1) is 11.1 Å². The van der Waals surface area contributed by atoms with Crippen LogP contribution in [-0.2, 0) is 17.6 Å². The lowest BCUT2D eigenvalue weighted by atomic mass is 9.95. The zero-order valence-corrected chi connectivity index (χ0v) is 15.2. The van der Waals surface area contributed by atoms with Gasteiger partial charge >= 0.3 is 0 Å². The molecule has 5 heteroatoms. The Hall–Kier alpha value is -2.30. The van der Waals surface area contributed by atoms with Gasteiger partial charge in [-0.2, -0.15) is 0 Å². The smallest absolute Gasteiger partial charge is 0.253 e. The molecule has 1 saturated carbocycles. The van der Waals surface area contributed by atoms with E-state index in [1.54, 1.807) is 0 Å². The first-order chi connectivity index (χ1) is 12.7. The van der Waals surface area contributed by atoms with E-state index in [4.69, 9.17) is 0 Å². The van der Waals surface area contributed by atoms with Crippen molar-refractivity contribution in [1.29, 1.82) is 0 Å². The molecule has 2 aromatic rings. The van der Waals surface area contributed by atoms with Crippen LogP contribution in [0.25, 0.3) is 10.9 Å². The summed E-state index contributed by atoms with van der Waals surface area (Å²) in [5, 5.41) is 7.07. The second-order valence-corrected chi connectivity index (χ2v) is 7.55. The maximum Gasteiger partial charge on any atom is 0.253 e. The maximum absolute atomic E-state index is 12.6. The van der Waals surface area contributed by atoms with Crippen molar-refractivity contribution in [3.8, 4) is 0 Å². The Kier molecular flexibility index (Phi) is 4.96. The number of aromatic amines is 1. The van der Waals surface area contributed by atoms with E-state index in [1.165, 1.54) is 29.5 Å². The van der Waals surface area contributed by atoms with Gasteiger partial charge in [-0.15, -0.1) is 0 Å². The van der Waals surface area contributed by atoms with Crippen molar-refractivity contribution in [2.45, 2.75) is 51.4 Å². The number of carbonyl (C=O) groups excluding carboxylic acids is 2. The van der Waals surface area contributed by atoms with Gasteiger partial charge < -0.3 is 15.6 Å². The first-order valence-corrected chi connectivity index (χ1v) is 9.92. The zero-order chi connectivity index (χ0) is 17.9. The van der Waals surface area contributed by atoms with Crippen molar-refractivity contribution in [2.75, 3.05) is 13.1 Å². The molecule has 5 nitrogen and oxygen atoms in total.